The number of aliphatic hydroxyl groups is 1. The Morgan fingerprint density at radius 1 is 1.26 bits per heavy atom. The molecule has 0 bridgehead atoms. The van der Waals surface area contributed by atoms with Crippen LogP contribution in [0.2, 0.25) is 0 Å². The van der Waals surface area contributed by atoms with Gasteiger partial charge < -0.3 is 20.9 Å². The number of fused-ring (bicyclic) bond motifs is 1. The molecule has 1 aliphatic carbocycles. The monoisotopic (exact) mass is 468 g/mol. The summed E-state index contributed by atoms with van der Waals surface area (Å²) < 4.78 is 5.49. The van der Waals surface area contributed by atoms with E-state index in [1.54, 1.807) is 26.1 Å². The van der Waals surface area contributed by atoms with Crippen molar-refractivity contribution in [3.63, 3.8) is 0 Å². The zero-order valence-electron chi connectivity index (χ0n) is 20.1. The van der Waals surface area contributed by atoms with Gasteiger partial charge in [0.25, 0.3) is 5.91 Å². The van der Waals surface area contributed by atoms with Crippen molar-refractivity contribution >= 4 is 11.7 Å². The molecule has 0 unspecified atom stereocenters. The van der Waals surface area contributed by atoms with Crippen LogP contribution in [0.1, 0.15) is 65.0 Å². The molecule has 0 radical (unpaired) electrons. The maximum atomic E-state index is 12.5. The van der Waals surface area contributed by atoms with Gasteiger partial charge in [-0.05, 0) is 55.0 Å². The molecule has 2 aliphatic rings. The smallest absolute Gasteiger partial charge is 0.270 e. The van der Waals surface area contributed by atoms with Crippen LogP contribution in [0.15, 0.2) is 35.4 Å². The molecule has 2 aromatic rings. The van der Waals surface area contributed by atoms with Crippen LogP contribution in [0.3, 0.4) is 0 Å². The minimum Gasteiger partial charge on any atom is -0.493 e. The number of hydrogen-bond acceptors (Lipinski definition) is 7. The van der Waals surface area contributed by atoms with Gasteiger partial charge in [0.2, 0.25) is 0 Å². The molecule has 1 aromatic carbocycles. The number of carbonyl (C=O) groups is 1. The standard InChI is InChI=1S/C18H22N6O2.C7H14O/c1-11-7-14(17(19)23-24(2)20)9-15(22-11)18(25)21-10-12-3-4-16-13(8-12)5-6-26-16;8-6-7-4-2-1-3-5-7/h3-4,7-9H,5-6,10,20H2,1-2H3,(H2,19,23)(H,21,25);7-8H,1-6H2. The number of aryl methyl sites for hydroxylation is 1. The second kappa shape index (κ2) is 12.3. The second-order valence-electron chi connectivity index (χ2n) is 8.85. The molecule has 6 N–H and O–H groups in total. The largest absolute Gasteiger partial charge is 0.493 e. The summed E-state index contributed by atoms with van der Waals surface area (Å²) in [5.41, 5.74) is 9.63. The van der Waals surface area contributed by atoms with Crippen LogP contribution >= 0.6 is 0 Å². The summed E-state index contributed by atoms with van der Waals surface area (Å²) in [4.78, 5) is 16.8. The van der Waals surface area contributed by atoms with Gasteiger partial charge >= 0.3 is 0 Å². The number of aliphatic hydroxyl groups excluding tert-OH is 1. The van der Waals surface area contributed by atoms with Gasteiger partial charge in [-0.2, -0.15) is 0 Å². The molecule has 0 saturated heterocycles. The number of aromatic nitrogens is 1. The third-order valence-corrected chi connectivity index (χ3v) is 5.94. The van der Waals surface area contributed by atoms with Gasteiger partial charge in [-0.3, -0.25) is 4.79 Å². The van der Waals surface area contributed by atoms with Crippen LogP contribution in [0.5, 0.6) is 5.75 Å². The Kier molecular flexibility index (Phi) is 9.24. The topological polar surface area (TPSA) is 139 Å². The number of hydrazone groups is 1. The van der Waals surface area contributed by atoms with Crippen molar-refractivity contribution in [2.45, 2.75) is 52.0 Å². The maximum Gasteiger partial charge on any atom is 0.270 e. The molecule has 1 fully saturated rings. The molecular weight excluding hydrogens is 432 g/mol. The fourth-order valence-corrected chi connectivity index (χ4v) is 4.15. The fraction of sp³-hybridized carbons (Fsp3) is 0.480. The van der Waals surface area contributed by atoms with E-state index in [1.165, 1.54) is 37.7 Å². The van der Waals surface area contributed by atoms with E-state index in [2.05, 4.69) is 21.5 Å². The quantitative estimate of drug-likeness (QED) is 0.221. The van der Waals surface area contributed by atoms with Crippen LogP contribution in [-0.4, -0.2) is 47.2 Å². The van der Waals surface area contributed by atoms with Crippen LogP contribution in [0.25, 0.3) is 0 Å². The molecule has 1 saturated carbocycles. The average Bonchev–Trinajstić information content (AvgIpc) is 3.30. The summed E-state index contributed by atoms with van der Waals surface area (Å²) in [7, 11) is 1.57. The lowest BCUT2D eigenvalue weighted by molar-refractivity contribution is 0.0945. The summed E-state index contributed by atoms with van der Waals surface area (Å²) in [6, 6.07) is 9.29. The summed E-state index contributed by atoms with van der Waals surface area (Å²) in [5, 5.41) is 16.6. The molecule has 1 aliphatic heterocycles. The Morgan fingerprint density at radius 2 is 2.03 bits per heavy atom. The number of ether oxygens (including phenoxy) is 1. The normalized spacial score (nSPS) is 15.6. The number of nitrogens with one attached hydrogen (secondary N) is 1. The average molecular weight is 469 g/mol. The Hall–Kier alpha value is -3.17. The Labute approximate surface area is 201 Å². The highest BCUT2D eigenvalue weighted by atomic mass is 16.5. The molecule has 1 amide bonds. The third-order valence-electron chi connectivity index (χ3n) is 5.94. The summed E-state index contributed by atoms with van der Waals surface area (Å²) in [5.74, 6) is 6.98. The third kappa shape index (κ3) is 7.43. The van der Waals surface area contributed by atoms with Gasteiger partial charge in [-0.15, -0.1) is 5.10 Å². The van der Waals surface area contributed by atoms with Gasteiger partial charge in [0.1, 0.15) is 11.4 Å². The van der Waals surface area contributed by atoms with Crippen LogP contribution in [0, 0.1) is 12.8 Å². The van der Waals surface area contributed by atoms with Crippen molar-refractivity contribution in [2.24, 2.45) is 22.6 Å². The first-order chi connectivity index (χ1) is 16.4. The van der Waals surface area contributed by atoms with E-state index in [4.69, 9.17) is 21.4 Å². The molecule has 2 heterocycles. The number of nitrogens with two attached hydrogens (primary N) is 2. The van der Waals surface area contributed by atoms with E-state index < -0.39 is 0 Å². The maximum absolute atomic E-state index is 12.5. The lowest BCUT2D eigenvalue weighted by atomic mass is 9.90. The van der Waals surface area contributed by atoms with Crippen LogP contribution in [0.4, 0.5) is 0 Å². The van der Waals surface area contributed by atoms with Crippen LogP contribution < -0.4 is 21.6 Å². The van der Waals surface area contributed by atoms with E-state index in [0.29, 0.717) is 36.9 Å². The van der Waals surface area contributed by atoms with Crippen molar-refractivity contribution in [3.8, 4) is 5.75 Å². The minimum atomic E-state index is -0.277. The number of hydrogen-bond donors (Lipinski definition) is 4. The first-order valence-electron chi connectivity index (χ1n) is 11.8. The lowest BCUT2D eigenvalue weighted by Gasteiger charge is -2.18. The predicted molar refractivity (Wildman–Crippen MR) is 132 cm³/mol. The highest BCUT2D eigenvalue weighted by Gasteiger charge is 2.14. The number of amidine groups is 1. The number of pyridine rings is 1. The summed E-state index contributed by atoms with van der Waals surface area (Å²) >= 11 is 0. The number of benzene rings is 1. The van der Waals surface area contributed by atoms with E-state index in [1.807, 2.05) is 12.1 Å². The second-order valence-corrected chi connectivity index (χ2v) is 8.85. The molecule has 184 valence electrons. The van der Waals surface area contributed by atoms with Crippen molar-refractivity contribution in [1.82, 2.24) is 15.4 Å². The van der Waals surface area contributed by atoms with E-state index in [9.17, 15) is 4.79 Å². The fourth-order valence-electron chi connectivity index (χ4n) is 4.15. The number of amides is 1. The number of hydrazine groups is 1. The lowest BCUT2D eigenvalue weighted by Crippen LogP contribution is -2.27. The Balaban J connectivity index is 0.000000343. The molecular formula is C25H36N6O3. The summed E-state index contributed by atoms with van der Waals surface area (Å²) in [6.45, 7) is 3.33. The van der Waals surface area contributed by atoms with E-state index in [0.717, 1.165) is 22.9 Å². The molecule has 9 nitrogen and oxygen atoms in total. The molecule has 4 rings (SSSR count). The summed E-state index contributed by atoms with van der Waals surface area (Å²) in [6.07, 6.45) is 7.48. The van der Waals surface area contributed by atoms with Crippen molar-refractivity contribution in [1.29, 1.82) is 0 Å². The van der Waals surface area contributed by atoms with Gasteiger partial charge in [0.15, 0.2) is 5.84 Å². The zero-order chi connectivity index (χ0) is 24.5. The number of nitrogens with zero attached hydrogens (tertiary/aromatic N) is 3. The molecule has 1 aromatic heterocycles. The SMILES string of the molecule is Cc1cc(/C(N)=N/N(C)N)cc(C(=O)NCc2ccc3c(c2)CCO3)n1.OCC1CCCCC1. The molecule has 34 heavy (non-hydrogen) atoms. The number of carbonyl (C=O) groups excluding carboxylic acids is 1. The Morgan fingerprint density at radius 3 is 2.71 bits per heavy atom. The van der Waals surface area contributed by atoms with Gasteiger partial charge in [0, 0.05) is 37.9 Å². The zero-order valence-corrected chi connectivity index (χ0v) is 20.1. The van der Waals surface area contributed by atoms with Crippen LogP contribution in [-0.2, 0) is 13.0 Å². The first-order valence-corrected chi connectivity index (χ1v) is 11.8. The molecule has 0 spiro atoms. The van der Waals surface area contributed by atoms with E-state index >= 15 is 0 Å². The molecule has 0 atom stereocenters. The van der Waals surface area contributed by atoms with Gasteiger partial charge in [-0.25, -0.2) is 15.9 Å². The number of rotatable bonds is 6. The van der Waals surface area contributed by atoms with Gasteiger partial charge in [-0.1, -0.05) is 31.4 Å². The van der Waals surface area contributed by atoms with Crippen molar-refractivity contribution in [3.05, 3.63) is 58.4 Å². The minimum absolute atomic E-state index is 0.216. The van der Waals surface area contributed by atoms with Gasteiger partial charge in [0.05, 0.1) is 6.61 Å². The Bertz CT molecular complexity index is 1000. The highest BCUT2D eigenvalue weighted by molar-refractivity contribution is 6.00. The first kappa shape index (κ1) is 25.5. The van der Waals surface area contributed by atoms with Crippen molar-refractivity contribution in [2.75, 3.05) is 20.3 Å². The predicted octanol–water partition coefficient (Wildman–Crippen LogP) is 2.24. The molecule has 9 heteroatoms. The van der Waals surface area contributed by atoms with E-state index in [-0.39, 0.29) is 17.4 Å². The van der Waals surface area contributed by atoms with Crippen molar-refractivity contribution < 1.29 is 14.6 Å². The highest BCUT2D eigenvalue weighted by Crippen LogP contribution is 2.26.